The molecule has 2 aromatic carbocycles. The summed E-state index contributed by atoms with van der Waals surface area (Å²) in [4.78, 5) is 0. The average molecular weight is 275 g/mol. The molecule has 0 unspecified atom stereocenters. The summed E-state index contributed by atoms with van der Waals surface area (Å²) in [6.07, 6.45) is 0. The van der Waals surface area contributed by atoms with Crippen LogP contribution in [0.3, 0.4) is 0 Å². The third kappa shape index (κ3) is 3.05. The lowest BCUT2D eigenvalue weighted by atomic mass is 9.95. The molecule has 2 rings (SSSR count). The molecule has 1 nitrogen and oxygen atoms in total. The molecule has 0 aromatic heterocycles. The highest BCUT2D eigenvalue weighted by atomic mass is 19.1. The second-order valence-electron chi connectivity index (χ2n) is 5.04. The highest BCUT2D eigenvalue weighted by Gasteiger charge is 2.20. The van der Waals surface area contributed by atoms with Crippen LogP contribution in [0.1, 0.15) is 35.2 Å². The molecule has 0 saturated heterocycles. The maximum Gasteiger partial charge on any atom is 0.128 e. The van der Waals surface area contributed by atoms with Gasteiger partial charge in [0, 0.05) is 11.1 Å². The van der Waals surface area contributed by atoms with E-state index in [1.54, 1.807) is 24.3 Å². The zero-order valence-corrected chi connectivity index (χ0v) is 12.0. The molecule has 0 spiro atoms. The van der Waals surface area contributed by atoms with Gasteiger partial charge in [0.2, 0.25) is 0 Å². The van der Waals surface area contributed by atoms with Gasteiger partial charge in [-0.1, -0.05) is 42.3 Å². The van der Waals surface area contributed by atoms with Crippen molar-refractivity contribution in [2.24, 2.45) is 0 Å². The average Bonchev–Trinajstić information content (AvgIpc) is 2.42. The lowest BCUT2D eigenvalue weighted by Crippen LogP contribution is -2.24. The zero-order chi connectivity index (χ0) is 14.7. The zero-order valence-electron chi connectivity index (χ0n) is 12.0. The third-order valence-electron chi connectivity index (χ3n) is 3.33. The van der Waals surface area contributed by atoms with Crippen molar-refractivity contribution in [1.29, 1.82) is 0 Å². The van der Waals surface area contributed by atoms with E-state index < -0.39 is 6.04 Å². The Morgan fingerprint density at radius 1 is 0.900 bits per heavy atom. The standard InChI is InChI=1S/C17H19F2N/c1-4-20-17(13-9-11(2)5-7-15(13)18)14-10-12(3)6-8-16(14)19/h5-10,17,20H,4H2,1-3H3. The minimum Gasteiger partial charge on any atom is -0.306 e. The van der Waals surface area contributed by atoms with Crippen LogP contribution in [0.25, 0.3) is 0 Å². The molecule has 0 aliphatic carbocycles. The van der Waals surface area contributed by atoms with Crippen LogP contribution in [0.4, 0.5) is 8.78 Å². The summed E-state index contributed by atoms with van der Waals surface area (Å²) >= 11 is 0. The number of benzene rings is 2. The summed E-state index contributed by atoms with van der Waals surface area (Å²) in [5.74, 6) is -0.634. The van der Waals surface area contributed by atoms with Crippen molar-refractivity contribution in [3.63, 3.8) is 0 Å². The Bertz CT molecular complexity index is 556. The second-order valence-corrected chi connectivity index (χ2v) is 5.04. The Balaban J connectivity index is 2.55. The van der Waals surface area contributed by atoms with Crippen LogP contribution >= 0.6 is 0 Å². The van der Waals surface area contributed by atoms with Gasteiger partial charge in [-0.25, -0.2) is 8.78 Å². The van der Waals surface area contributed by atoms with E-state index in [-0.39, 0.29) is 11.6 Å². The number of halogens is 2. The fourth-order valence-corrected chi connectivity index (χ4v) is 2.36. The molecule has 0 fully saturated rings. The number of hydrogen-bond acceptors (Lipinski definition) is 1. The van der Waals surface area contributed by atoms with Crippen molar-refractivity contribution in [2.75, 3.05) is 6.54 Å². The maximum absolute atomic E-state index is 14.1. The minimum atomic E-state index is -0.472. The van der Waals surface area contributed by atoms with Crippen LogP contribution in [-0.4, -0.2) is 6.54 Å². The highest BCUT2D eigenvalue weighted by Crippen LogP contribution is 2.28. The van der Waals surface area contributed by atoms with Crippen LogP contribution in [0.15, 0.2) is 36.4 Å². The molecular formula is C17H19F2N. The monoisotopic (exact) mass is 275 g/mol. The molecule has 0 radical (unpaired) electrons. The SMILES string of the molecule is CCNC(c1cc(C)ccc1F)c1cc(C)ccc1F. The Labute approximate surface area is 118 Å². The molecule has 0 heterocycles. The molecule has 2 aromatic rings. The van der Waals surface area contributed by atoms with Gasteiger partial charge in [0.05, 0.1) is 6.04 Å². The summed E-state index contributed by atoms with van der Waals surface area (Å²) < 4.78 is 28.2. The molecule has 0 bridgehead atoms. The lowest BCUT2D eigenvalue weighted by Gasteiger charge is -2.21. The van der Waals surface area contributed by atoms with Crippen molar-refractivity contribution < 1.29 is 8.78 Å². The summed E-state index contributed by atoms with van der Waals surface area (Å²) in [5.41, 5.74) is 2.88. The van der Waals surface area contributed by atoms with Gasteiger partial charge in [-0.2, -0.15) is 0 Å². The smallest absolute Gasteiger partial charge is 0.128 e. The van der Waals surface area contributed by atoms with Crippen LogP contribution in [-0.2, 0) is 0 Å². The van der Waals surface area contributed by atoms with Crippen LogP contribution in [0.2, 0.25) is 0 Å². The van der Waals surface area contributed by atoms with Gasteiger partial charge in [-0.15, -0.1) is 0 Å². The number of hydrogen-bond donors (Lipinski definition) is 1. The second kappa shape index (κ2) is 6.14. The molecule has 0 aliphatic heterocycles. The fourth-order valence-electron chi connectivity index (χ4n) is 2.36. The molecule has 3 heteroatoms. The van der Waals surface area contributed by atoms with Crippen LogP contribution in [0.5, 0.6) is 0 Å². The molecule has 0 saturated carbocycles. The first kappa shape index (κ1) is 14.7. The van der Waals surface area contributed by atoms with E-state index in [4.69, 9.17) is 0 Å². The summed E-state index contributed by atoms with van der Waals surface area (Å²) in [7, 11) is 0. The van der Waals surface area contributed by atoms with E-state index >= 15 is 0 Å². The topological polar surface area (TPSA) is 12.0 Å². The van der Waals surface area contributed by atoms with E-state index in [2.05, 4.69) is 5.32 Å². The van der Waals surface area contributed by atoms with Gasteiger partial charge in [0.15, 0.2) is 0 Å². The van der Waals surface area contributed by atoms with Gasteiger partial charge in [-0.05, 0) is 32.5 Å². The van der Waals surface area contributed by atoms with Crippen molar-refractivity contribution in [2.45, 2.75) is 26.8 Å². The fraction of sp³-hybridized carbons (Fsp3) is 0.294. The normalized spacial score (nSPS) is 11.1. The van der Waals surface area contributed by atoms with Crippen molar-refractivity contribution in [3.8, 4) is 0 Å². The maximum atomic E-state index is 14.1. The predicted molar refractivity (Wildman–Crippen MR) is 77.8 cm³/mol. The van der Waals surface area contributed by atoms with E-state index in [1.807, 2.05) is 20.8 Å². The first-order chi connectivity index (χ1) is 9.52. The largest absolute Gasteiger partial charge is 0.306 e. The van der Waals surface area contributed by atoms with E-state index in [0.29, 0.717) is 17.7 Å². The molecule has 0 amide bonds. The van der Waals surface area contributed by atoms with Crippen molar-refractivity contribution in [1.82, 2.24) is 5.32 Å². The van der Waals surface area contributed by atoms with Gasteiger partial charge in [0.1, 0.15) is 11.6 Å². The molecular weight excluding hydrogens is 256 g/mol. The van der Waals surface area contributed by atoms with E-state index in [9.17, 15) is 8.78 Å². The highest BCUT2D eigenvalue weighted by molar-refractivity contribution is 5.37. The summed E-state index contributed by atoms with van der Waals surface area (Å²) in [6, 6.07) is 9.36. The van der Waals surface area contributed by atoms with E-state index in [0.717, 1.165) is 11.1 Å². The number of aryl methyl sites for hydroxylation is 2. The Kier molecular flexibility index (Phi) is 4.50. The van der Waals surface area contributed by atoms with Crippen LogP contribution in [0, 0.1) is 25.5 Å². The van der Waals surface area contributed by atoms with E-state index in [1.165, 1.54) is 12.1 Å². The Morgan fingerprint density at radius 3 is 1.75 bits per heavy atom. The molecule has 0 atom stereocenters. The number of rotatable bonds is 4. The van der Waals surface area contributed by atoms with Crippen molar-refractivity contribution >= 4 is 0 Å². The Hall–Kier alpha value is -1.74. The third-order valence-corrected chi connectivity index (χ3v) is 3.33. The quantitative estimate of drug-likeness (QED) is 0.878. The van der Waals surface area contributed by atoms with Gasteiger partial charge in [0.25, 0.3) is 0 Å². The summed E-state index contributed by atoms with van der Waals surface area (Å²) in [6.45, 7) is 6.36. The molecule has 1 N–H and O–H groups in total. The minimum absolute atomic E-state index is 0.317. The molecule has 0 aliphatic rings. The summed E-state index contributed by atoms with van der Waals surface area (Å²) in [5, 5.41) is 3.17. The first-order valence-corrected chi connectivity index (χ1v) is 6.78. The number of nitrogens with one attached hydrogen (secondary N) is 1. The first-order valence-electron chi connectivity index (χ1n) is 6.78. The lowest BCUT2D eigenvalue weighted by molar-refractivity contribution is 0.530. The van der Waals surface area contributed by atoms with Gasteiger partial charge < -0.3 is 5.32 Å². The van der Waals surface area contributed by atoms with Crippen LogP contribution < -0.4 is 5.32 Å². The molecule has 106 valence electrons. The van der Waals surface area contributed by atoms with Gasteiger partial charge >= 0.3 is 0 Å². The van der Waals surface area contributed by atoms with Gasteiger partial charge in [-0.3, -0.25) is 0 Å². The Morgan fingerprint density at radius 2 is 1.35 bits per heavy atom. The molecule has 20 heavy (non-hydrogen) atoms. The van der Waals surface area contributed by atoms with Crippen molar-refractivity contribution in [3.05, 3.63) is 70.3 Å². The predicted octanol–water partition coefficient (Wildman–Crippen LogP) is 4.28.